The van der Waals surface area contributed by atoms with E-state index >= 15 is 0 Å². The Morgan fingerprint density at radius 2 is 1.83 bits per heavy atom. The third-order valence-electron chi connectivity index (χ3n) is 2.23. The first-order valence-corrected chi connectivity index (χ1v) is 6.37. The van der Waals surface area contributed by atoms with Gasteiger partial charge in [0, 0.05) is 18.6 Å². The van der Waals surface area contributed by atoms with Gasteiger partial charge in [0.15, 0.2) is 0 Å². The van der Waals surface area contributed by atoms with E-state index in [0.29, 0.717) is 6.61 Å². The molecular weight excluding hydrogens is 263 g/mol. The normalized spacial score (nSPS) is 11.8. The third kappa shape index (κ3) is 6.88. The fourth-order valence-electron chi connectivity index (χ4n) is 1.39. The highest BCUT2D eigenvalue weighted by molar-refractivity contribution is 8.00. The average Bonchev–Trinajstić information content (AvgIpc) is 2.29. The van der Waals surface area contributed by atoms with Crippen molar-refractivity contribution in [2.75, 3.05) is 26.8 Å². The van der Waals surface area contributed by atoms with E-state index in [4.69, 9.17) is 4.74 Å². The van der Waals surface area contributed by atoms with Crippen LogP contribution in [0.2, 0.25) is 0 Å². The maximum Gasteiger partial charge on any atom is 0.446 e. The van der Waals surface area contributed by atoms with E-state index in [0.717, 1.165) is 25.1 Å². The van der Waals surface area contributed by atoms with Gasteiger partial charge in [-0.3, -0.25) is 0 Å². The molecule has 0 amide bonds. The molecule has 6 heteroatoms. The van der Waals surface area contributed by atoms with E-state index in [9.17, 15) is 13.2 Å². The summed E-state index contributed by atoms with van der Waals surface area (Å²) in [5.41, 5.74) is -3.20. The highest BCUT2D eigenvalue weighted by Gasteiger charge is 2.28. The second-order valence-electron chi connectivity index (χ2n) is 3.68. The monoisotopic (exact) mass is 279 g/mol. The smallest absolute Gasteiger partial charge is 0.383 e. The minimum absolute atomic E-state index is 0.0878. The van der Waals surface area contributed by atoms with Crippen LogP contribution < -0.4 is 5.32 Å². The molecular formula is C12H16F3NOS. The maximum absolute atomic E-state index is 12.1. The van der Waals surface area contributed by atoms with Crippen molar-refractivity contribution in [1.29, 1.82) is 0 Å². The molecule has 0 unspecified atom stereocenters. The number of halogens is 3. The van der Waals surface area contributed by atoms with Crippen molar-refractivity contribution in [2.24, 2.45) is 0 Å². The van der Waals surface area contributed by atoms with Crippen LogP contribution >= 0.6 is 11.8 Å². The van der Waals surface area contributed by atoms with Gasteiger partial charge in [0.1, 0.15) is 0 Å². The van der Waals surface area contributed by atoms with Crippen LogP contribution in [0.5, 0.6) is 0 Å². The van der Waals surface area contributed by atoms with Gasteiger partial charge in [-0.25, -0.2) is 0 Å². The molecule has 0 fully saturated rings. The molecule has 0 aliphatic heterocycles. The summed E-state index contributed by atoms with van der Waals surface area (Å²) in [6, 6.07) is 6.46. The molecule has 1 aromatic rings. The second kappa shape index (κ2) is 7.66. The number of ether oxygens (including phenoxy) is 1. The van der Waals surface area contributed by atoms with Crippen LogP contribution in [-0.4, -0.2) is 32.3 Å². The van der Waals surface area contributed by atoms with Crippen molar-refractivity contribution in [2.45, 2.75) is 16.8 Å². The Kier molecular flexibility index (Phi) is 6.52. The molecule has 0 heterocycles. The fraction of sp³-hybridized carbons (Fsp3) is 0.500. The molecule has 0 aromatic heterocycles. The molecule has 1 N–H and O–H groups in total. The Labute approximate surface area is 109 Å². The number of alkyl halides is 3. The average molecular weight is 279 g/mol. The topological polar surface area (TPSA) is 21.3 Å². The van der Waals surface area contributed by atoms with Crippen LogP contribution in [0.25, 0.3) is 0 Å². The zero-order valence-corrected chi connectivity index (χ0v) is 10.9. The lowest BCUT2D eigenvalue weighted by atomic mass is 10.1. The van der Waals surface area contributed by atoms with E-state index in [-0.39, 0.29) is 16.7 Å². The number of hydrogen-bond donors (Lipinski definition) is 1. The lowest BCUT2D eigenvalue weighted by molar-refractivity contribution is -0.0328. The van der Waals surface area contributed by atoms with Crippen LogP contribution in [0.3, 0.4) is 0 Å². The van der Waals surface area contributed by atoms with E-state index < -0.39 is 5.51 Å². The van der Waals surface area contributed by atoms with Crippen molar-refractivity contribution in [1.82, 2.24) is 5.32 Å². The molecule has 0 spiro atoms. The first-order valence-electron chi connectivity index (χ1n) is 5.55. The number of benzene rings is 1. The first kappa shape index (κ1) is 15.3. The van der Waals surface area contributed by atoms with Crippen molar-refractivity contribution < 1.29 is 17.9 Å². The van der Waals surface area contributed by atoms with Crippen LogP contribution in [0.1, 0.15) is 5.56 Å². The van der Waals surface area contributed by atoms with Crippen LogP contribution in [0.4, 0.5) is 13.2 Å². The molecule has 0 radical (unpaired) electrons. The van der Waals surface area contributed by atoms with Crippen LogP contribution in [0, 0.1) is 0 Å². The predicted octanol–water partition coefficient (Wildman–Crippen LogP) is 3.08. The van der Waals surface area contributed by atoms with Gasteiger partial charge in [-0.2, -0.15) is 13.2 Å². The van der Waals surface area contributed by atoms with Crippen LogP contribution in [0.15, 0.2) is 29.2 Å². The van der Waals surface area contributed by atoms with E-state index in [1.165, 1.54) is 12.1 Å². The minimum Gasteiger partial charge on any atom is -0.383 e. The Balaban J connectivity index is 2.32. The molecule has 18 heavy (non-hydrogen) atoms. The van der Waals surface area contributed by atoms with Gasteiger partial charge in [-0.15, -0.1) is 0 Å². The summed E-state index contributed by atoms with van der Waals surface area (Å²) in [5.74, 6) is 0. The second-order valence-corrected chi connectivity index (χ2v) is 4.82. The molecule has 0 bridgehead atoms. The maximum atomic E-state index is 12.1. The fourth-order valence-corrected chi connectivity index (χ4v) is 1.93. The first-order chi connectivity index (χ1) is 8.51. The van der Waals surface area contributed by atoms with E-state index in [2.05, 4.69) is 5.32 Å². The van der Waals surface area contributed by atoms with Gasteiger partial charge in [0.25, 0.3) is 0 Å². The summed E-state index contributed by atoms with van der Waals surface area (Å²) in [7, 11) is 1.64. The lowest BCUT2D eigenvalue weighted by Crippen LogP contribution is -2.21. The van der Waals surface area contributed by atoms with Crippen molar-refractivity contribution in [3.8, 4) is 0 Å². The molecule has 0 saturated heterocycles. The largest absolute Gasteiger partial charge is 0.446 e. The van der Waals surface area contributed by atoms with Gasteiger partial charge < -0.3 is 10.1 Å². The molecule has 102 valence electrons. The molecule has 0 saturated carbocycles. The number of hydrogen-bond acceptors (Lipinski definition) is 3. The highest BCUT2D eigenvalue weighted by atomic mass is 32.2. The summed E-state index contributed by atoms with van der Waals surface area (Å²) in [6.07, 6.45) is 0.792. The molecule has 0 atom stereocenters. The summed E-state index contributed by atoms with van der Waals surface area (Å²) >= 11 is -0.0878. The Hall–Kier alpha value is -0.720. The van der Waals surface area contributed by atoms with Gasteiger partial charge in [0.05, 0.1) is 6.61 Å². The van der Waals surface area contributed by atoms with E-state index in [1.54, 1.807) is 19.2 Å². The van der Waals surface area contributed by atoms with E-state index in [1.807, 2.05) is 0 Å². The molecule has 0 aliphatic rings. The predicted molar refractivity (Wildman–Crippen MR) is 66.8 cm³/mol. The summed E-state index contributed by atoms with van der Waals surface area (Å²) < 4.78 is 41.2. The summed E-state index contributed by atoms with van der Waals surface area (Å²) in [6.45, 7) is 2.22. The highest BCUT2D eigenvalue weighted by Crippen LogP contribution is 2.36. The minimum atomic E-state index is -4.22. The number of methoxy groups -OCH3 is 1. The Morgan fingerprint density at radius 1 is 1.17 bits per heavy atom. The van der Waals surface area contributed by atoms with Crippen LogP contribution in [-0.2, 0) is 11.2 Å². The summed E-state index contributed by atoms with van der Waals surface area (Å²) in [5, 5.41) is 3.18. The van der Waals surface area contributed by atoms with Gasteiger partial charge in [-0.1, -0.05) is 12.1 Å². The third-order valence-corrected chi connectivity index (χ3v) is 2.97. The molecule has 1 aromatic carbocycles. The van der Waals surface area contributed by atoms with Gasteiger partial charge in [-0.05, 0) is 42.4 Å². The number of thioether (sulfide) groups is 1. The zero-order valence-electron chi connectivity index (χ0n) is 10.1. The molecule has 1 rings (SSSR count). The summed E-state index contributed by atoms with van der Waals surface area (Å²) in [4.78, 5) is 0.221. The lowest BCUT2D eigenvalue weighted by Gasteiger charge is -2.07. The molecule has 0 aliphatic carbocycles. The standard InChI is InChI=1S/C12H16F3NOS/c1-17-9-8-16-7-6-10-2-4-11(5-3-10)18-12(13,14)15/h2-5,16H,6-9H2,1H3. The van der Waals surface area contributed by atoms with Gasteiger partial charge in [0.2, 0.25) is 0 Å². The Morgan fingerprint density at radius 3 is 2.39 bits per heavy atom. The SMILES string of the molecule is COCCNCCc1ccc(SC(F)(F)F)cc1. The van der Waals surface area contributed by atoms with Crippen molar-refractivity contribution >= 4 is 11.8 Å². The van der Waals surface area contributed by atoms with Crippen molar-refractivity contribution in [3.63, 3.8) is 0 Å². The number of rotatable bonds is 7. The Bertz CT molecular complexity index is 340. The quantitative estimate of drug-likeness (QED) is 0.612. The van der Waals surface area contributed by atoms with Gasteiger partial charge >= 0.3 is 5.51 Å². The zero-order chi connectivity index (χ0) is 13.4. The number of nitrogens with one attached hydrogen (secondary N) is 1. The molecule has 2 nitrogen and oxygen atoms in total. The van der Waals surface area contributed by atoms with Crippen molar-refractivity contribution in [3.05, 3.63) is 29.8 Å².